The average Bonchev–Trinajstić information content (AvgIpc) is 2.26. The number of piperidine rings is 1. The van der Waals surface area contributed by atoms with Crippen molar-refractivity contribution < 1.29 is 10.2 Å². The van der Waals surface area contributed by atoms with Crippen molar-refractivity contribution in [3.63, 3.8) is 0 Å². The number of phenols is 2. The molecule has 0 bridgehead atoms. The van der Waals surface area contributed by atoms with Gasteiger partial charge in [0.05, 0.1) is 0 Å². The molecule has 15 heavy (non-hydrogen) atoms. The molecular formula is C11H14BrNO2. The van der Waals surface area contributed by atoms with Crippen molar-refractivity contribution in [2.24, 2.45) is 0 Å². The highest BCUT2D eigenvalue weighted by molar-refractivity contribution is 9.10. The summed E-state index contributed by atoms with van der Waals surface area (Å²) >= 11 is 3.43. The van der Waals surface area contributed by atoms with E-state index in [-0.39, 0.29) is 11.5 Å². The van der Waals surface area contributed by atoms with E-state index in [1.165, 1.54) is 6.07 Å². The summed E-state index contributed by atoms with van der Waals surface area (Å²) in [5.74, 6) is 0.315. The lowest BCUT2D eigenvalue weighted by Gasteiger charge is -2.24. The number of phenolic OH excluding ortho intramolecular Hbond substituents is 2. The Hall–Kier alpha value is -0.740. The van der Waals surface area contributed by atoms with Gasteiger partial charge in [0.15, 0.2) is 11.5 Å². The van der Waals surface area contributed by atoms with Crippen LogP contribution in [0, 0.1) is 0 Å². The van der Waals surface area contributed by atoms with Crippen molar-refractivity contribution in [3.05, 3.63) is 22.2 Å². The molecule has 1 saturated heterocycles. The molecule has 3 N–H and O–H groups in total. The smallest absolute Gasteiger partial charge is 0.162 e. The van der Waals surface area contributed by atoms with Crippen LogP contribution < -0.4 is 5.32 Å². The molecule has 1 fully saturated rings. The quantitative estimate of drug-likeness (QED) is 0.688. The number of nitrogens with one attached hydrogen (secondary N) is 1. The lowest BCUT2D eigenvalue weighted by atomic mass is 9.89. The predicted octanol–water partition coefficient (Wildman–Crippen LogP) is 2.33. The van der Waals surface area contributed by atoms with E-state index in [2.05, 4.69) is 21.2 Å². The maximum absolute atomic E-state index is 9.83. The van der Waals surface area contributed by atoms with E-state index >= 15 is 0 Å². The molecule has 1 aliphatic heterocycles. The van der Waals surface area contributed by atoms with E-state index in [0.717, 1.165) is 36.0 Å². The van der Waals surface area contributed by atoms with Gasteiger partial charge in [-0.1, -0.05) is 15.9 Å². The second-order valence-electron chi connectivity index (χ2n) is 3.85. The highest BCUT2D eigenvalue weighted by atomic mass is 79.9. The van der Waals surface area contributed by atoms with Gasteiger partial charge in [-0.2, -0.15) is 0 Å². The first-order valence-electron chi connectivity index (χ1n) is 5.11. The van der Waals surface area contributed by atoms with E-state index in [4.69, 9.17) is 0 Å². The number of hydrogen-bond acceptors (Lipinski definition) is 3. The van der Waals surface area contributed by atoms with Crippen molar-refractivity contribution in [2.45, 2.75) is 18.8 Å². The summed E-state index contributed by atoms with van der Waals surface area (Å²) in [6.07, 6.45) is 1.99. The fourth-order valence-electron chi connectivity index (χ4n) is 2.07. The summed E-state index contributed by atoms with van der Waals surface area (Å²) < 4.78 is 0.879. The van der Waals surface area contributed by atoms with E-state index in [1.54, 1.807) is 6.07 Å². The van der Waals surface area contributed by atoms with Gasteiger partial charge >= 0.3 is 0 Å². The van der Waals surface area contributed by atoms with Crippen LogP contribution in [0.15, 0.2) is 16.6 Å². The van der Waals surface area contributed by atoms with Gasteiger partial charge in [0.1, 0.15) is 0 Å². The Balaban J connectivity index is 2.36. The second-order valence-corrected chi connectivity index (χ2v) is 4.71. The summed E-state index contributed by atoms with van der Waals surface area (Å²) in [6, 6.07) is 3.29. The molecule has 1 aromatic carbocycles. The minimum absolute atomic E-state index is 0.0243. The molecule has 0 amide bonds. The number of hydrogen-bond donors (Lipinski definition) is 3. The van der Waals surface area contributed by atoms with E-state index in [1.807, 2.05) is 0 Å². The Bertz CT molecular complexity index is 362. The SMILES string of the molecule is Oc1ccc(Br)c(C2CCNCC2)c1O. The molecule has 0 spiro atoms. The molecular weight excluding hydrogens is 258 g/mol. The van der Waals surface area contributed by atoms with Crippen molar-refractivity contribution in [2.75, 3.05) is 13.1 Å². The summed E-state index contributed by atoms with van der Waals surface area (Å²) in [6.45, 7) is 1.93. The lowest BCUT2D eigenvalue weighted by Crippen LogP contribution is -2.26. The van der Waals surface area contributed by atoms with Gasteiger partial charge in [0, 0.05) is 10.0 Å². The van der Waals surface area contributed by atoms with Crippen molar-refractivity contribution in [3.8, 4) is 11.5 Å². The Kier molecular flexibility index (Phi) is 3.17. The molecule has 4 heteroatoms. The number of halogens is 1. The zero-order valence-corrected chi connectivity index (χ0v) is 9.92. The first kappa shape index (κ1) is 10.8. The molecule has 0 unspecified atom stereocenters. The molecule has 3 nitrogen and oxygen atoms in total. The van der Waals surface area contributed by atoms with Crippen LogP contribution in [0.3, 0.4) is 0 Å². The van der Waals surface area contributed by atoms with Crippen LogP contribution in [0.2, 0.25) is 0 Å². The van der Waals surface area contributed by atoms with Gasteiger partial charge in [-0.3, -0.25) is 0 Å². The van der Waals surface area contributed by atoms with Crippen LogP contribution >= 0.6 is 15.9 Å². The minimum Gasteiger partial charge on any atom is -0.504 e. The largest absolute Gasteiger partial charge is 0.504 e. The van der Waals surface area contributed by atoms with Crippen LogP contribution in [-0.4, -0.2) is 23.3 Å². The average molecular weight is 272 g/mol. The minimum atomic E-state index is -0.0354. The van der Waals surface area contributed by atoms with Crippen LogP contribution in [0.5, 0.6) is 11.5 Å². The highest BCUT2D eigenvalue weighted by Gasteiger charge is 2.22. The maximum atomic E-state index is 9.83. The Labute approximate surface area is 97.3 Å². The summed E-state index contributed by atoms with van der Waals surface area (Å²) in [4.78, 5) is 0. The van der Waals surface area contributed by atoms with Crippen molar-refractivity contribution in [1.82, 2.24) is 5.32 Å². The topological polar surface area (TPSA) is 52.5 Å². The third kappa shape index (κ3) is 2.11. The van der Waals surface area contributed by atoms with E-state index in [0.29, 0.717) is 5.92 Å². The fourth-order valence-corrected chi connectivity index (χ4v) is 2.71. The second kappa shape index (κ2) is 4.41. The summed E-state index contributed by atoms with van der Waals surface area (Å²) in [7, 11) is 0. The maximum Gasteiger partial charge on any atom is 0.162 e. The van der Waals surface area contributed by atoms with Crippen LogP contribution in [0.4, 0.5) is 0 Å². The molecule has 1 aliphatic rings. The molecule has 0 atom stereocenters. The predicted molar refractivity (Wildman–Crippen MR) is 62.3 cm³/mol. The molecule has 2 rings (SSSR count). The lowest BCUT2D eigenvalue weighted by molar-refractivity contribution is 0.384. The molecule has 0 aliphatic carbocycles. The van der Waals surface area contributed by atoms with Gasteiger partial charge in [-0.15, -0.1) is 0 Å². The van der Waals surface area contributed by atoms with E-state index in [9.17, 15) is 10.2 Å². The monoisotopic (exact) mass is 271 g/mol. The van der Waals surface area contributed by atoms with Crippen LogP contribution in [0.25, 0.3) is 0 Å². The van der Waals surface area contributed by atoms with Gasteiger partial charge < -0.3 is 15.5 Å². The Morgan fingerprint density at radius 2 is 1.87 bits per heavy atom. The van der Waals surface area contributed by atoms with Crippen LogP contribution in [0.1, 0.15) is 24.3 Å². The fraction of sp³-hybridized carbons (Fsp3) is 0.455. The molecule has 1 aromatic rings. The van der Waals surface area contributed by atoms with Gasteiger partial charge in [-0.25, -0.2) is 0 Å². The molecule has 0 radical (unpaired) electrons. The molecule has 82 valence electrons. The zero-order chi connectivity index (χ0) is 10.8. The first-order chi connectivity index (χ1) is 7.20. The highest BCUT2D eigenvalue weighted by Crippen LogP contribution is 2.41. The Morgan fingerprint density at radius 3 is 2.53 bits per heavy atom. The zero-order valence-electron chi connectivity index (χ0n) is 8.33. The van der Waals surface area contributed by atoms with Gasteiger partial charge in [0.2, 0.25) is 0 Å². The van der Waals surface area contributed by atoms with E-state index < -0.39 is 0 Å². The Morgan fingerprint density at radius 1 is 1.20 bits per heavy atom. The summed E-state index contributed by atoms with van der Waals surface area (Å²) in [5.41, 5.74) is 0.844. The number of rotatable bonds is 1. The third-order valence-corrected chi connectivity index (χ3v) is 3.58. The molecule has 0 saturated carbocycles. The third-order valence-electron chi connectivity index (χ3n) is 2.89. The number of aromatic hydroxyl groups is 2. The van der Waals surface area contributed by atoms with Crippen molar-refractivity contribution >= 4 is 15.9 Å². The molecule has 1 heterocycles. The van der Waals surface area contributed by atoms with Gasteiger partial charge in [0.25, 0.3) is 0 Å². The molecule has 0 aromatic heterocycles. The standard InChI is InChI=1S/C11H14BrNO2/c12-8-1-2-9(14)11(15)10(8)7-3-5-13-6-4-7/h1-2,7,13-15H,3-6H2. The summed E-state index contributed by atoms with van der Waals surface area (Å²) in [5, 5.41) is 22.6. The normalized spacial score (nSPS) is 17.9. The number of benzene rings is 1. The van der Waals surface area contributed by atoms with Crippen LogP contribution in [-0.2, 0) is 0 Å². The van der Waals surface area contributed by atoms with Crippen molar-refractivity contribution in [1.29, 1.82) is 0 Å². The first-order valence-corrected chi connectivity index (χ1v) is 5.90. The van der Waals surface area contributed by atoms with Gasteiger partial charge in [-0.05, 0) is 44.0 Å².